The molecule has 0 bridgehead atoms. The summed E-state index contributed by atoms with van der Waals surface area (Å²) in [7, 11) is 0. The molecule has 9 nitrogen and oxygen atoms in total. The zero-order chi connectivity index (χ0) is 25.9. The highest BCUT2D eigenvalue weighted by Crippen LogP contribution is 2.34. The number of hydrogen-bond donors (Lipinski definition) is 2. The van der Waals surface area contributed by atoms with E-state index < -0.39 is 0 Å². The van der Waals surface area contributed by atoms with Gasteiger partial charge in [-0.2, -0.15) is 5.10 Å². The summed E-state index contributed by atoms with van der Waals surface area (Å²) < 4.78 is 7.84. The second kappa shape index (κ2) is 10.3. The van der Waals surface area contributed by atoms with Crippen LogP contribution in [0.3, 0.4) is 0 Å². The standard InChI is InChI=1S/C29H27N7O2/c30-28-26-27(21-11-13-24(14-12-21)38-23-9-5-2-6-10-23)34-36(29(26)33-19-32-28)22-16-35(17-22)18-25(37)31-15-20-7-3-1-4-8-20/h1-14,19,22H,15-18H2,(H,31,37)(H2,30,32,33). The number of aromatic nitrogens is 4. The van der Waals surface area contributed by atoms with Crippen LogP contribution in [0.2, 0.25) is 0 Å². The quantitative estimate of drug-likeness (QED) is 0.327. The molecule has 0 atom stereocenters. The molecule has 5 aromatic rings. The van der Waals surface area contributed by atoms with Crippen LogP contribution in [0.15, 0.2) is 91.3 Å². The van der Waals surface area contributed by atoms with E-state index in [1.807, 2.05) is 89.6 Å². The maximum absolute atomic E-state index is 12.4. The molecule has 0 aliphatic carbocycles. The molecule has 0 saturated carbocycles. The number of nitrogens with one attached hydrogen (secondary N) is 1. The lowest BCUT2D eigenvalue weighted by atomic mass is 10.1. The van der Waals surface area contributed by atoms with Gasteiger partial charge in [-0.25, -0.2) is 14.6 Å². The number of carbonyl (C=O) groups excluding carboxylic acids is 1. The molecule has 2 aromatic heterocycles. The van der Waals surface area contributed by atoms with Crippen LogP contribution in [0.25, 0.3) is 22.3 Å². The summed E-state index contributed by atoms with van der Waals surface area (Å²) in [4.78, 5) is 23.2. The summed E-state index contributed by atoms with van der Waals surface area (Å²) in [6.45, 7) is 2.26. The maximum atomic E-state index is 12.4. The number of nitrogen functional groups attached to an aromatic ring is 1. The summed E-state index contributed by atoms with van der Waals surface area (Å²) in [5.74, 6) is 1.89. The van der Waals surface area contributed by atoms with E-state index in [0.717, 1.165) is 33.7 Å². The van der Waals surface area contributed by atoms with Gasteiger partial charge in [-0.3, -0.25) is 9.69 Å². The van der Waals surface area contributed by atoms with Crippen molar-refractivity contribution < 1.29 is 9.53 Å². The molecular weight excluding hydrogens is 478 g/mol. The Bertz CT molecular complexity index is 1550. The summed E-state index contributed by atoms with van der Waals surface area (Å²) in [5.41, 5.74) is 9.67. The first-order chi connectivity index (χ1) is 18.6. The number of nitrogens with two attached hydrogens (primary N) is 1. The molecule has 9 heteroatoms. The molecule has 38 heavy (non-hydrogen) atoms. The van der Waals surface area contributed by atoms with Gasteiger partial charge in [-0.1, -0.05) is 48.5 Å². The average molecular weight is 506 g/mol. The summed E-state index contributed by atoms with van der Waals surface area (Å²) in [5, 5.41) is 8.62. The Kier molecular flexibility index (Phi) is 6.41. The van der Waals surface area contributed by atoms with Gasteiger partial charge in [0.25, 0.3) is 0 Å². The van der Waals surface area contributed by atoms with Crippen molar-refractivity contribution in [1.82, 2.24) is 30.0 Å². The highest BCUT2D eigenvalue weighted by Gasteiger charge is 2.33. The van der Waals surface area contributed by atoms with E-state index in [9.17, 15) is 4.79 Å². The van der Waals surface area contributed by atoms with Crippen molar-refractivity contribution in [3.05, 3.63) is 96.8 Å². The number of anilines is 1. The molecule has 190 valence electrons. The third kappa shape index (κ3) is 4.91. The van der Waals surface area contributed by atoms with Gasteiger partial charge in [-0.15, -0.1) is 0 Å². The molecule has 0 spiro atoms. The topological polar surface area (TPSA) is 111 Å². The van der Waals surface area contributed by atoms with E-state index in [-0.39, 0.29) is 11.9 Å². The molecule has 3 heterocycles. The SMILES string of the molecule is Nc1ncnc2c1c(-c1ccc(Oc3ccccc3)cc1)nn2C1CN(CC(=O)NCc2ccccc2)C1. The third-order valence-corrected chi connectivity index (χ3v) is 6.61. The average Bonchev–Trinajstić information content (AvgIpc) is 3.31. The first-order valence-corrected chi connectivity index (χ1v) is 12.5. The molecule has 1 amide bonds. The lowest BCUT2D eigenvalue weighted by Crippen LogP contribution is -2.51. The van der Waals surface area contributed by atoms with E-state index in [4.69, 9.17) is 15.6 Å². The third-order valence-electron chi connectivity index (χ3n) is 6.61. The number of hydrogen-bond acceptors (Lipinski definition) is 7. The minimum absolute atomic E-state index is 0.00250. The minimum Gasteiger partial charge on any atom is -0.457 e. The fraction of sp³-hybridized carbons (Fsp3) is 0.172. The number of para-hydroxylation sites is 1. The second-order valence-electron chi connectivity index (χ2n) is 9.30. The number of nitrogens with zero attached hydrogens (tertiary/aromatic N) is 5. The fourth-order valence-corrected chi connectivity index (χ4v) is 4.64. The van der Waals surface area contributed by atoms with Gasteiger partial charge in [0, 0.05) is 25.2 Å². The highest BCUT2D eigenvalue weighted by molar-refractivity contribution is 5.98. The molecule has 1 aliphatic rings. The predicted octanol–water partition coefficient (Wildman–Crippen LogP) is 4.04. The Morgan fingerprint density at radius 2 is 1.61 bits per heavy atom. The first-order valence-electron chi connectivity index (χ1n) is 12.5. The van der Waals surface area contributed by atoms with Crippen LogP contribution in [0.1, 0.15) is 11.6 Å². The lowest BCUT2D eigenvalue weighted by molar-refractivity contribution is -0.123. The number of carbonyl (C=O) groups is 1. The molecule has 6 rings (SSSR count). The van der Waals surface area contributed by atoms with Gasteiger partial charge >= 0.3 is 0 Å². The van der Waals surface area contributed by atoms with Crippen molar-refractivity contribution in [3.63, 3.8) is 0 Å². The normalized spacial score (nSPS) is 13.8. The van der Waals surface area contributed by atoms with Crippen molar-refractivity contribution in [3.8, 4) is 22.8 Å². The van der Waals surface area contributed by atoms with Crippen molar-refractivity contribution >= 4 is 22.8 Å². The van der Waals surface area contributed by atoms with Crippen LogP contribution < -0.4 is 15.8 Å². The smallest absolute Gasteiger partial charge is 0.234 e. The van der Waals surface area contributed by atoms with Gasteiger partial charge in [-0.05, 0) is 42.0 Å². The summed E-state index contributed by atoms with van der Waals surface area (Å²) in [6, 6.07) is 27.4. The molecule has 3 N–H and O–H groups in total. The number of likely N-dealkylation sites (tertiary alicyclic amines) is 1. The van der Waals surface area contributed by atoms with Crippen molar-refractivity contribution in [2.24, 2.45) is 0 Å². The van der Waals surface area contributed by atoms with E-state index in [0.29, 0.717) is 37.6 Å². The van der Waals surface area contributed by atoms with Crippen LogP contribution in [-0.4, -0.2) is 50.2 Å². The number of fused-ring (bicyclic) bond motifs is 1. The number of ether oxygens (including phenoxy) is 1. The lowest BCUT2D eigenvalue weighted by Gasteiger charge is -2.38. The zero-order valence-electron chi connectivity index (χ0n) is 20.7. The van der Waals surface area contributed by atoms with Gasteiger partial charge in [0.15, 0.2) is 5.65 Å². The summed E-state index contributed by atoms with van der Waals surface area (Å²) >= 11 is 0. The summed E-state index contributed by atoms with van der Waals surface area (Å²) in [6.07, 6.45) is 1.46. The monoisotopic (exact) mass is 505 g/mol. The van der Waals surface area contributed by atoms with Gasteiger partial charge in [0.1, 0.15) is 29.3 Å². The van der Waals surface area contributed by atoms with E-state index in [2.05, 4.69) is 20.2 Å². The molecule has 1 saturated heterocycles. The maximum Gasteiger partial charge on any atom is 0.234 e. The second-order valence-corrected chi connectivity index (χ2v) is 9.30. The largest absolute Gasteiger partial charge is 0.457 e. The Morgan fingerprint density at radius 3 is 2.34 bits per heavy atom. The van der Waals surface area contributed by atoms with Crippen LogP contribution in [0.5, 0.6) is 11.5 Å². The molecule has 0 radical (unpaired) electrons. The molecule has 1 fully saturated rings. The van der Waals surface area contributed by atoms with E-state index >= 15 is 0 Å². The van der Waals surface area contributed by atoms with E-state index in [1.165, 1.54) is 6.33 Å². The zero-order valence-corrected chi connectivity index (χ0v) is 20.7. The van der Waals surface area contributed by atoms with Gasteiger partial charge in [0.05, 0.1) is 18.0 Å². The van der Waals surface area contributed by atoms with Crippen LogP contribution in [0, 0.1) is 0 Å². The minimum atomic E-state index is 0.00250. The molecular formula is C29H27N7O2. The molecule has 3 aromatic carbocycles. The fourth-order valence-electron chi connectivity index (χ4n) is 4.64. The number of amides is 1. The van der Waals surface area contributed by atoms with Crippen molar-refractivity contribution in [1.29, 1.82) is 0 Å². The highest BCUT2D eigenvalue weighted by atomic mass is 16.5. The molecule has 1 aliphatic heterocycles. The van der Waals surface area contributed by atoms with Gasteiger partial charge < -0.3 is 15.8 Å². The first kappa shape index (κ1) is 23.6. The Balaban J connectivity index is 1.15. The Hall–Kier alpha value is -4.76. The van der Waals surface area contributed by atoms with Crippen LogP contribution in [-0.2, 0) is 11.3 Å². The molecule has 0 unspecified atom stereocenters. The Morgan fingerprint density at radius 1 is 0.921 bits per heavy atom. The van der Waals surface area contributed by atoms with Crippen molar-refractivity contribution in [2.45, 2.75) is 12.6 Å². The van der Waals surface area contributed by atoms with Gasteiger partial charge in [0.2, 0.25) is 5.91 Å². The van der Waals surface area contributed by atoms with Crippen LogP contribution >= 0.6 is 0 Å². The number of benzene rings is 3. The van der Waals surface area contributed by atoms with E-state index in [1.54, 1.807) is 0 Å². The predicted molar refractivity (Wildman–Crippen MR) is 145 cm³/mol. The van der Waals surface area contributed by atoms with Crippen molar-refractivity contribution in [2.75, 3.05) is 25.4 Å². The van der Waals surface area contributed by atoms with Crippen LogP contribution in [0.4, 0.5) is 5.82 Å². The Labute approximate surface area is 219 Å². The number of rotatable bonds is 8.